The van der Waals surface area contributed by atoms with Gasteiger partial charge in [0.25, 0.3) is 10.1 Å². The van der Waals surface area contributed by atoms with Crippen molar-refractivity contribution in [3.05, 3.63) is 0 Å². The summed E-state index contributed by atoms with van der Waals surface area (Å²) in [5.74, 6) is -6.44. The molecule has 0 heterocycles. The number of phosphoric ester groups is 1. The Hall–Kier alpha value is -1.31. The second kappa shape index (κ2) is 19.5. The summed E-state index contributed by atoms with van der Waals surface area (Å²) in [5.41, 5.74) is -3.22. The molecule has 0 atom stereocenters. The molecular weight excluding hydrogens is 673 g/mol. The first-order valence-electron chi connectivity index (χ1n) is 12.5. The van der Waals surface area contributed by atoms with Gasteiger partial charge in [0.1, 0.15) is 0 Å². The van der Waals surface area contributed by atoms with Gasteiger partial charge in [-0.3, -0.25) is 18.4 Å². The maximum atomic E-state index is 12.5. The maximum Gasteiger partial charge on any atom is 0.470 e. The van der Waals surface area contributed by atoms with Crippen molar-refractivity contribution in [1.29, 1.82) is 0 Å². The Balaban J connectivity index is -0.000000105. The average Bonchev–Trinajstić information content (AvgIpc) is 2.51. The van der Waals surface area contributed by atoms with Crippen molar-refractivity contribution in [3.63, 3.8) is 0 Å². The minimum absolute atomic E-state index is 0. The second-order valence-corrected chi connectivity index (χ2v) is 18.5. The fourth-order valence-corrected chi connectivity index (χ4v) is 2.79. The van der Waals surface area contributed by atoms with Crippen molar-refractivity contribution in [2.75, 3.05) is 0 Å². The molecular formula is C25H57F2O15PS2. The molecule has 0 aromatic carbocycles. The van der Waals surface area contributed by atoms with E-state index in [-0.39, 0.29) is 19.3 Å². The van der Waals surface area contributed by atoms with Gasteiger partial charge in [-0.2, -0.15) is 25.6 Å². The molecule has 278 valence electrons. The SMILES string of the molecule is C.CC(C)(C)C(F)(F)C(=O)O.CC(C)(C)CC(=O)O.CC(C)(C)OP(=O)(O)O.CC(C)(C)OS(=O)(=O)O.CC(C)(C)S(=O)(=O)O. The van der Waals surface area contributed by atoms with Gasteiger partial charge in [-0.05, 0) is 67.7 Å². The smallest absolute Gasteiger partial charge is 0.470 e. The summed E-state index contributed by atoms with van der Waals surface area (Å²) in [6.07, 6.45) is 0.243. The standard InChI is InChI=1S/C6H10F2O2.C6H12O2.C4H11O4P.C4H10O4S.C4H10O3S.CH4/c1-5(2,3)6(7,8)4(9)10;1-6(2,3)4-5(7)8;2*1-4(2,3)8-9(5,6)7;1-4(2,3)8(5,6)7;/h1-3H3,(H,9,10);4H2,1-3H3,(H,7,8);1-3H3,(H2,5,6,7);1-3H3,(H,5,6,7);1-3H3,(H,5,6,7);1H4. The molecule has 15 nitrogen and oxygen atoms in total. The molecule has 0 rings (SSSR count). The minimum Gasteiger partial charge on any atom is -0.481 e. The number of carboxylic acids is 2. The van der Waals surface area contributed by atoms with E-state index in [9.17, 15) is 39.8 Å². The Kier molecular flexibility index (Phi) is 24.3. The Bertz CT molecular complexity index is 1130. The molecule has 0 aliphatic heterocycles. The molecule has 0 spiro atoms. The van der Waals surface area contributed by atoms with Crippen LogP contribution in [0.3, 0.4) is 0 Å². The van der Waals surface area contributed by atoms with Crippen molar-refractivity contribution in [2.45, 2.75) is 140 Å². The molecule has 6 N–H and O–H groups in total. The highest BCUT2D eigenvalue weighted by Gasteiger charge is 2.50. The van der Waals surface area contributed by atoms with E-state index < -0.39 is 67.6 Å². The van der Waals surface area contributed by atoms with Crippen LogP contribution in [0.1, 0.15) is 118 Å². The van der Waals surface area contributed by atoms with Gasteiger partial charge in [0.05, 0.1) is 22.4 Å². The quantitative estimate of drug-likeness (QED) is 0.142. The van der Waals surface area contributed by atoms with E-state index in [1.807, 2.05) is 20.8 Å². The second-order valence-electron chi connectivity index (χ2n) is 14.2. The van der Waals surface area contributed by atoms with Gasteiger partial charge in [-0.15, -0.1) is 0 Å². The van der Waals surface area contributed by atoms with Crippen LogP contribution < -0.4 is 0 Å². The van der Waals surface area contributed by atoms with E-state index in [1.54, 1.807) is 20.8 Å². The molecule has 0 aromatic heterocycles. The van der Waals surface area contributed by atoms with E-state index in [4.69, 9.17) is 29.1 Å². The number of hydrogen-bond donors (Lipinski definition) is 6. The fraction of sp³-hybridized carbons (Fsp3) is 0.920. The van der Waals surface area contributed by atoms with Crippen molar-refractivity contribution in [2.24, 2.45) is 10.8 Å². The van der Waals surface area contributed by atoms with Crippen molar-refractivity contribution < 1.29 is 77.6 Å². The van der Waals surface area contributed by atoms with Crippen LogP contribution in [0.4, 0.5) is 8.78 Å². The molecule has 0 unspecified atom stereocenters. The summed E-state index contributed by atoms with van der Waals surface area (Å²) in [7, 11) is -12.4. The summed E-state index contributed by atoms with van der Waals surface area (Å²) in [6, 6.07) is 0. The molecule has 0 saturated carbocycles. The largest absolute Gasteiger partial charge is 0.481 e. The van der Waals surface area contributed by atoms with Crippen LogP contribution >= 0.6 is 7.82 Å². The minimum atomic E-state index is -4.29. The number of halogens is 2. The third kappa shape index (κ3) is 44.9. The molecule has 0 aliphatic carbocycles. The van der Waals surface area contributed by atoms with Crippen LogP contribution in [0, 0.1) is 10.8 Å². The van der Waals surface area contributed by atoms with Crippen LogP contribution in [0.25, 0.3) is 0 Å². The number of aliphatic carboxylic acids is 2. The number of phosphoric acid groups is 1. The van der Waals surface area contributed by atoms with Gasteiger partial charge < -0.3 is 20.0 Å². The summed E-state index contributed by atoms with van der Waals surface area (Å²) >= 11 is 0. The van der Waals surface area contributed by atoms with Crippen LogP contribution in [-0.4, -0.2) is 79.8 Å². The number of rotatable bonds is 4. The Morgan fingerprint density at radius 2 is 1.00 bits per heavy atom. The van der Waals surface area contributed by atoms with Crippen molar-refractivity contribution in [1.82, 2.24) is 0 Å². The van der Waals surface area contributed by atoms with Crippen molar-refractivity contribution in [3.8, 4) is 0 Å². The Morgan fingerprint density at radius 1 is 0.711 bits per heavy atom. The van der Waals surface area contributed by atoms with Crippen LogP contribution in [0.5, 0.6) is 0 Å². The summed E-state index contributed by atoms with van der Waals surface area (Å²) < 4.78 is 99.2. The molecule has 0 fully saturated rings. The highest BCUT2D eigenvalue weighted by molar-refractivity contribution is 7.87. The third-order valence-corrected chi connectivity index (χ3v) is 6.46. The Labute approximate surface area is 268 Å². The molecule has 45 heavy (non-hydrogen) atoms. The molecule has 0 amide bonds. The zero-order chi connectivity index (χ0) is 37.8. The van der Waals surface area contributed by atoms with Crippen molar-refractivity contribution >= 4 is 40.3 Å². The molecule has 0 aliphatic rings. The van der Waals surface area contributed by atoms with E-state index in [2.05, 4.69) is 8.71 Å². The highest BCUT2D eigenvalue weighted by atomic mass is 32.3. The monoisotopic (exact) mass is 730 g/mol. The first-order chi connectivity index (χ1) is 18.3. The molecule has 20 heteroatoms. The van der Waals surface area contributed by atoms with E-state index in [0.717, 1.165) is 0 Å². The van der Waals surface area contributed by atoms with Gasteiger partial charge in [0.15, 0.2) is 0 Å². The predicted molar refractivity (Wildman–Crippen MR) is 167 cm³/mol. The number of hydrogen-bond acceptors (Lipinski definition) is 9. The molecule has 0 bridgehead atoms. The van der Waals surface area contributed by atoms with Gasteiger partial charge in [-0.1, -0.05) is 49.0 Å². The summed E-state index contributed by atoms with van der Waals surface area (Å²) in [4.78, 5) is 36.4. The lowest BCUT2D eigenvalue weighted by molar-refractivity contribution is -0.181. The normalized spacial score (nSPS) is 13.0. The summed E-state index contributed by atoms with van der Waals surface area (Å²) in [6.45, 7) is 22.9. The highest BCUT2D eigenvalue weighted by Crippen LogP contribution is 2.40. The van der Waals surface area contributed by atoms with Crippen LogP contribution in [0.15, 0.2) is 0 Å². The topological polar surface area (TPSA) is 259 Å². The Morgan fingerprint density at radius 3 is 1.00 bits per heavy atom. The molecule has 0 aromatic rings. The zero-order valence-corrected chi connectivity index (χ0v) is 30.6. The molecule has 0 saturated heterocycles. The maximum absolute atomic E-state index is 12.5. The lowest BCUT2D eigenvalue weighted by Gasteiger charge is -2.25. The third-order valence-electron chi connectivity index (χ3n) is 3.41. The van der Waals surface area contributed by atoms with Crippen LogP contribution in [0.2, 0.25) is 0 Å². The lowest BCUT2D eigenvalue weighted by Crippen LogP contribution is -2.41. The number of carboxylic acid groups (broad SMARTS) is 2. The fourth-order valence-electron chi connectivity index (χ4n) is 1.45. The number of carbonyl (C=O) groups is 2. The van der Waals surface area contributed by atoms with Crippen LogP contribution in [-0.2, 0) is 43.4 Å². The predicted octanol–water partition coefficient (Wildman–Crippen LogP) is 6.07. The van der Waals surface area contributed by atoms with Gasteiger partial charge in [-0.25, -0.2) is 13.5 Å². The lowest BCUT2D eigenvalue weighted by atomic mass is 9.88. The van der Waals surface area contributed by atoms with Gasteiger partial charge in [0.2, 0.25) is 0 Å². The van der Waals surface area contributed by atoms with E-state index in [1.165, 1.54) is 62.3 Å². The van der Waals surface area contributed by atoms with Gasteiger partial charge >= 0.3 is 36.1 Å². The van der Waals surface area contributed by atoms with E-state index in [0.29, 0.717) is 0 Å². The average molecular weight is 731 g/mol. The summed E-state index contributed by atoms with van der Waals surface area (Å²) in [5, 5.41) is 16.3. The first-order valence-corrected chi connectivity index (χ1v) is 16.9. The number of alkyl halides is 2. The first kappa shape index (κ1) is 56.1. The zero-order valence-electron chi connectivity index (χ0n) is 28.1. The molecule has 0 radical (unpaired) electrons. The van der Waals surface area contributed by atoms with Gasteiger partial charge in [0, 0.05) is 5.41 Å². The van der Waals surface area contributed by atoms with E-state index >= 15 is 0 Å².